The molecular weight excluding hydrogens is 316 g/mol. The van der Waals surface area contributed by atoms with Gasteiger partial charge in [-0.2, -0.15) is 0 Å². The van der Waals surface area contributed by atoms with Crippen LogP contribution >= 0.6 is 15.9 Å². The highest BCUT2D eigenvalue weighted by atomic mass is 79.9. The van der Waals surface area contributed by atoms with Crippen LogP contribution < -0.4 is 10.6 Å². The fraction of sp³-hybridized carbons (Fsp3) is 0.625. The maximum atomic E-state index is 6.05. The van der Waals surface area contributed by atoms with Crippen LogP contribution in [0.4, 0.5) is 5.69 Å². The first kappa shape index (κ1) is 15.8. The van der Waals surface area contributed by atoms with Gasteiger partial charge in [0, 0.05) is 35.9 Å². The van der Waals surface area contributed by atoms with Gasteiger partial charge in [0.15, 0.2) is 0 Å². The van der Waals surface area contributed by atoms with E-state index < -0.39 is 0 Å². The molecule has 2 rings (SSSR count). The maximum Gasteiger partial charge on any atom is 0.0721 e. The summed E-state index contributed by atoms with van der Waals surface area (Å²) in [5, 5.41) is 0. The van der Waals surface area contributed by atoms with Crippen LogP contribution in [0.15, 0.2) is 22.7 Å². The lowest BCUT2D eigenvalue weighted by molar-refractivity contribution is 0.0821. The summed E-state index contributed by atoms with van der Waals surface area (Å²) < 4.78 is 6.87. The number of hydrogen-bond acceptors (Lipinski definition) is 3. The van der Waals surface area contributed by atoms with Crippen LogP contribution in [0.25, 0.3) is 0 Å². The van der Waals surface area contributed by atoms with Gasteiger partial charge in [-0.15, -0.1) is 0 Å². The topological polar surface area (TPSA) is 38.5 Å². The Hall–Kier alpha value is -0.580. The number of rotatable bonds is 4. The predicted octanol–water partition coefficient (Wildman–Crippen LogP) is 3.34. The summed E-state index contributed by atoms with van der Waals surface area (Å²) in [5.41, 5.74) is 8.61. The van der Waals surface area contributed by atoms with Gasteiger partial charge in [0.2, 0.25) is 0 Å². The zero-order valence-corrected chi connectivity index (χ0v) is 14.0. The van der Waals surface area contributed by atoms with E-state index in [4.69, 9.17) is 10.5 Å². The van der Waals surface area contributed by atoms with Crippen molar-refractivity contribution in [3.8, 4) is 0 Å². The van der Waals surface area contributed by atoms with Gasteiger partial charge >= 0.3 is 0 Å². The highest BCUT2D eigenvalue weighted by Gasteiger charge is 2.16. The van der Waals surface area contributed by atoms with Crippen LogP contribution in [0.2, 0.25) is 0 Å². The lowest BCUT2D eigenvalue weighted by Crippen LogP contribution is -2.30. The molecule has 1 heterocycles. The number of anilines is 1. The maximum absolute atomic E-state index is 6.05. The van der Waals surface area contributed by atoms with E-state index in [1.807, 2.05) is 0 Å². The van der Waals surface area contributed by atoms with Gasteiger partial charge < -0.3 is 15.4 Å². The fourth-order valence-corrected chi connectivity index (χ4v) is 3.08. The molecule has 2 atom stereocenters. The van der Waals surface area contributed by atoms with E-state index in [0.717, 1.165) is 43.4 Å². The summed E-state index contributed by atoms with van der Waals surface area (Å²) in [7, 11) is 0. The normalized spacial score (nSPS) is 21.6. The van der Waals surface area contributed by atoms with E-state index in [1.54, 1.807) is 0 Å². The average Bonchev–Trinajstić information content (AvgIpc) is 2.65. The van der Waals surface area contributed by atoms with Gasteiger partial charge in [-0.05, 0) is 43.9 Å². The van der Waals surface area contributed by atoms with Crippen molar-refractivity contribution < 1.29 is 4.74 Å². The minimum Gasteiger partial charge on any atom is -0.377 e. The summed E-state index contributed by atoms with van der Waals surface area (Å²) in [5.74, 6) is 0. The van der Waals surface area contributed by atoms with Crippen molar-refractivity contribution in [2.24, 2.45) is 5.73 Å². The first-order valence-electron chi connectivity index (χ1n) is 7.50. The molecule has 0 aromatic heterocycles. The molecule has 4 heteroatoms. The zero-order chi connectivity index (χ0) is 14.5. The standard InChI is InChI=1S/C16H25BrN2O/c1-3-14(18)9-13-5-6-15(10-16(13)17)19-7-4-8-20-12(2)11-19/h5-6,10,12,14H,3-4,7-9,11,18H2,1-2H3. The van der Waals surface area contributed by atoms with Crippen LogP contribution in [0.1, 0.15) is 32.3 Å². The van der Waals surface area contributed by atoms with Crippen LogP contribution in [0, 0.1) is 0 Å². The second-order valence-electron chi connectivity index (χ2n) is 5.63. The Morgan fingerprint density at radius 1 is 1.50 bits per heavy atom. The van der Waals surface area contributed by atoms with E-state index in [1.165, 1.54) is 11.3 Å². The number of halogens is 1. The first-order chi connectivity index (χ1) is 9.60. The number of nitrogens with zero attached hydrogens (tertiary/aromatic N) is 1. The van der Waals surface area contributed by atoms with Crippen molar-refractivity contribution >= 4 is 21.6 Å². The summed E-state index contributed by atoms with van der Waals surface area (Å²) in [6.45, 7) is 7.15. The second-order valence-corrected chi connectivity index (χ2v) is 6.48. The van der Waals surface area contributed by atoms with Gasteiger partial charge in [-0.1, -0.05) is 28.9 Å². The van der Waals surface area contributed by atoms with Crippen LogP contribution in [-0.2, 0) is 11.2 Å². The third kappa shape index (κ3) is 4.21. The number of benzene rings is 1. The molecule has 1 fully saturated rings. The Bertz CT molecular complexity index is 438. The number of hydrogen-bond donors (Lipinski definition) is 1. The Kier molecular flexibility index (Phi) is 5.87. The summed E-state index contributed by atoms with van der Waals surface area (Å²) in [6.07, 6.45) is 3.32. The molecule has 20 heavy (non-hydrogen) atoms. The van der Waals surface area contributed by atoms with Crippen molar-refractivity contribution in [3.05, 3.63) is 28.2 Å². The fourth-order valence-electron chi connectivity index (χ4n) is 2.55. The molecule has 0 amide bonds. The molecular formula is C16H25BrN2O. The molecule has 0 aliphatic carbocycles. The average molecular weight is 341 g/mol. The van der Waals surface area contributed by atoms with Gasteiger partial charge in [-0.25, -0.2) is 0 Å². The van der Waals surface area contributed by atoms with Gasteiger partial charge in [0.1, 0.15) is 0 Å². The summed E-state index contributed by atoms with van der Waals surface area (Å²) in [4.78, 5) is 2.41. The molecule has 0 radical (unpaired) electrons. The van der Waals surface area contributed by atoms with Crippen LogP contribution in [0.3, 0.4) is 0 Å². The molecule has 0 bridgehead atoms. The van der Waals surface area contributed by atoms with E-state index in [0.29, 0.717) is 6.10 Å². The molecule has 0 saturated carbocycles. The van der Waals surface area contributed by atoms with Gasteiger partial charge in [-0.3, -0.25) is 0 Å². The molecule has 1 aliphatic rings. The molecule has 1 saturated heterocycles. The van der Waals surface area contributed by atoms with Crippen molar-refractivity contribution in [3.63, 3.8) is 0 Å². The molecule has 1 aromatic carbocycles. The molecule has 0 spiro atoms. The summed E-state index contributed by atoms with van der Waals surface area (Å²) >= 11 is 3.69. The third-order valence-corrected chi connectivity index (χ3v) is 4.60. The lowest BCUT2D eigenvalue weighted by Gasteiger charge is -2.25. The molecule has 2 unspecified atom stereocenters. The number of nitrogens with two attached hydrogens (primary N) is 1. The predicted molar refractivity (Wildman–Crippen MR) is 88.4 cm³/mol. The minimum atomic E-state index is 0.240. The molecule has 1 aliphatic heterocycles. The first-order valence-corrected chi connectivity index (χ1v) is 8.30. The van der Waals surface area contributed by atoms with Crippen LogP contribution in [0.5, 0.6) is 0 Å². The van der Waals surface area contributed by atoms with Crippen molar-refractivity contribution in [2.75, 3.05) is 24.6 Å². The molecule has 1 aromatic rings. The highest BCUT2D eigenvalue weighted by Crippen LogP contribution is 2.26. The lowest BCUT2D eigenvalue weighted by atomic mass is 10.0. The Balaban J connectivity index is 2.11. The van der Waals surface area contributed by atoms with Crippen LogP contribution in [-0.4, -0.2) is 31.8 Å². The van der Waals surface area contributed by atoms with Crippen molar-refractivity contribution in [1.29, 1.82) is 0 Å². The van der Waals surface area contributed by atoms with Gasteiger partial charge in [0.05, 0.1) is 6.10 Å². The van der Waals surface area contributed by atoms with Crippen molar-refractivity contribution in [2.45, 2.75) is 45.3 Å². The van der Waals surface area contributed by atoms with E-state index in [9.17, 15) is 0 Å². The molecule has 2 N–H and O–H groups in total. The smallest absolute Gasteiger partial charge is 0.0721 e. The zero-order valence-electron chi connectivity index (χ0n) is 12.4. The number of ether oxygens (including phenoxy) is 1. The second kappa shape index (κ2) is 7.43. The molecule has 112 valence electrons. The third-order valence-electron chi connectivity index (χ3n) is 3.86. The van der Waals surface area contributed by atoms with Gasteiger partial charge in [0.25, 0.3) is 0 Å². The summed E-state index contributed by atoms with van der Waals surface area (Å²) in [6, 6.07) is 6.87. The van der Waals surface area contributed by atoms with E-state index >= 15 is 0 Å². The quantitative estimate of drug-likeness (QED) is 0.913. The molecule has 3 nitrogen and oxygen atoms in total. The Morgan fingerprint density at radius 2 is 2.30 bits per heavy atom. The Morgan fingerprint density at radius 3 is 3.00 bits per heavy atom. The largest absolute Gasteiger partial charge is 0.377 e. The van der Waals surface area contributed by atoms with E-state index in [-0.39, 0.29) is 6.04 Å². The monoisotopic (exact) mass is 340 g/mol. The van der Waals surface area contributed by atoms with Crippen molar-refractivity contribution in [1.82, 2.24) is 0 Å². The Labute approximate surface area is 130 Å². The highest BCUT2D eigenvalue weighted by molar-refractivity contribution is 9.10. The van der Waals surface area contributed by atoms with E-state index in [2.05, 4.69) is 52.9 Å². The minimum absolute atomic E-state index is 0.240. The SMILES string of the molecule is CCC(N)Cc1ccc(N2CCCOC(C)C2)cc1Br.